The normalized spacial score (nSPS) is 11.1. The molecule has 0 atom stereocenters. The topological polar surface area (TPSA) is 125 Å². The van der Waals surface area contributed by atoms with Crippen molar-refractivity contribution >= 4 is 23.7 Å². The zero-order valence-electron chi connectivity index (χ0n) is 20.7. The van der Waals surface area contributed by atoms with E-state index in [1.807, 2.05) is 6.92 Å². The molecule has 0 aromatic heterocycles. The first-order valence-electron chi connectivity index (χ1n) is 11.1. The minimum Gasteiger partial charge on any atom is -0.493 e. The van der Waals surface area contributed by atoms with Crippen molar-refractivity contribution in [1.29, 1.82) is 0 Å². The molecule has 1 aromatic rings. The van der Waals surface area contributed by atoms with Crippen molar-refractivity contribution in [3.05, 3.63) is 33.9 Å². The van der Waals surface area contributed by atoms with E-state index in [0.29, 0.717) is 38.6 Å². The Morgan fingerprint density at radius 1 is 1.18 bits per heavy atom. The molecule has 0 aliphatic carbocycles. The summed E-state index contributed by atoms with van der Waals surface area (Å²) in [5.41, 5.74) is 0.0454. The molecule has 0 fully saturated rings. The number of benzene rings is 1. The molecule has 1 rings (SSSR count). The van der Waals surface area contributed by atoms with Crippen molar-refractivity contribution in [2.24, 2.45) is 9.98 Å². The first kappa shape index (κ1) is 28.8. The second kappa shape index (κ2) is 15.5. The number of methoxy groups -OCH3 is 2. The highest BCUT2D eigenvalue weighted by molar-refractivity contribution is 5.92. The van der Waals surface area contributed by atoms with Crippen molar-refractivity contribution in [2.75, 3.05) is 74.3 Å². The second-order valence-electron chi connectivity index (χ2n) is 7.95. The van der Waals surface area contributed by atoms with E-state index in [1.54, 1.807) is 0 Å². The molecule has 1 aromatic carbocycles. The number of amides is 1. The molecule has 0 heterocycles. The molecule has 11 nitrogen and oxygen atoms in total. The molecule has 0 aliphatic heterocycles. The molecule has 0 radical (unpaired) electrons. The van der Waals surface area contributed by atoms with E-state index in [9.17, 15) is 14.9 Å². The lowest BCUT2D eigenvalue weighted by Crippen LogP contribution is -2.43. The van der Waals surface area contributed by atoms with E-state index < -0.39 is 4.92 Å². The molecule has 0 saturated carbocycles. The fourth-order valence-corrected chi connectivity index (χ4v) is 2.92. The van der Waals surface area contributed by atoms with Gasteiger partial charge in [0, 0.05) is 25.6 Å². The molecule has 1 amide bonds. The molecule has 0 unspecified atom stereocenters. The van der Waals surface area contributed by atoms with Gasteiger partial charge in [0.1, 0.15) is 6.54 Å². The highest BCUT2D eigenvalue weighted by Gasteiger charge is 2.18. The van der Waals surface area contributed by atoms with Gasteiger partial charge >= 0.3 is 0 Å². The van der Waals surface area contributed by atoms with Crippen LogP contribution < -0.4 is 14.8 Å². The summed E-state index contributed by atoms with van der Waals surface area (Å²) in [4.78, 5) is 30.9. The summed E-state index contributed by atoms with van der Waals surface area (Å²) < 4.78 is 16.7. The molecule has 34 heavy (non-hydrogen) atoms. The van der Waals surface area contributed by atoms with Crippen molar-refractivity contribution in [1.82, 2.24) is 5.32 Å². The molecular weight excluding hydrogens is 442 g/mol. The van der Waals surface area contributed by atoms with Crippen molar-refractivity contribution in [2.45, 2.75) is 13.3 Å². The van der Waals surface area contributed by atoms with Gasteiger partial charge in [0.2, 0.25) is 5.91 Å². The number of nitrogens with one attached hydrogen (secondary N) is 1. The lowest BCUT2D eigenvalue weighted by Gasteiger charge is -2.29. The quantitative estimate of drug-likeness (QED) is 0.0972. The number of carbonyl (C=O) groups is 1. The summed E-state index contributed by atoms with van der Waals surface area (Å²) >= 11 is 0. The van der Waals surface area contributed by atoms with Gasteiger partial charge in [-0.05, 0) is 19.1 Å². The van der Waals surface area contributed by atoms with Crippen LogP contribution in [-0.4, -0.2) is 95.6 Å². The number of aliphatic imine (C=N–C) groups is 2. The number of likely N-dealkylation sites (N-methyl/N-ethyl adjacent to an activating group) is 1. The van der Waals surface area contributed by atoms with Crippen molar-refractivity contribution in [3.8, 4) is 11.5 Å². The summed E-state index contributed by atoms with van der Waals surface area (Å²) in [6.45, 7) is 6.41. The molecule has 0 spiro atoms. The first-order chi connectivity index (χ1) is 16.2. The monoisotopic (exact) mass is 478 g/mol. The van der Waals surface area contributed by atoms with Crippen LogP contribution in [0.3, 0.4) is 0 Å². The summed E-state index contributed by atoms with van der Waals surface area (Å²) in [5, 5.41) is 14.0. The van der Waals surface area contributed by atoms with Crippen LogP contribution >= 0.6 is 0 Å². The lowest BCUT2D eigenvalue weighted by atomic mass is 10.1. The Bertz CT molecular complexity index is 894. The maximum atomic E-state index is 12.1. The van der Waals surface area contributed by atoms with E-state index >= 15 is 0 Å². The average Bonchev–Trinajstić information content (AvgIpc) is 2.81. The van der Waals surface area contributed by atoms with Crippen LogP contribution in [0.25, 0.3) is 6.08 Å². The molecule has 0 aliphatic rings. The summed E-state index contributed by atoms with van der Waals surface area (Å²) in [6, 6.07) is 5.39. The van der Waals surface area contributed by atoms with Crippen LogP contribution in [0.2, 0.25) is 0 Å². The van der Waals surface area contributed by atoms with E-state index in [0.717, 1.165) is 24.0 Å². The SMILES string of the molecule is CCN=C=NCCC[N+](C)(C)CCOCCNC(=O)/C=C/c1cc(OC)c(OC)cc1[N+](=O)[O-]. The van der Waals surface area contributed by atoms with Gasteiger partial charge < -0.3 is 24.0 Å². The third kappa shape index (κ3) is 11.0. The molecular formula is C23H36N5O6+. The molecule has 11 heteroatoms. The highest BCUT2D eigenvalue weighted by Crippen LogP contribution is 2.35. The van der Waals surface area contributed by atoms with E-state index in [2.05, 4.69) is 35.4 Å². The Balaban J connectivity index is 2.40. The summed E-state index contributed by atoms with van der Waals surface area (Å²) in [7, 11) is 7.09. The van der Waals surface area contributed by atoms with Crippen LogP contribution in [0.5, 0.6) is 11.5 Å². The number of quaternary nitrogens is 1. The van der Waals surface area contributed by atoms with Gasteiger partial charge in [0.05, 0.1) is 77.2 Å². The maximum absolute atomic E-state index is 12.1. The van der Waals surface area contributed by atoms with E-state index in [4.69, 9.17) is 14.2 Å². The van der Waals surface area contributed by atoms with Gasteiger partial charge in [-0.2, -0.15) is 0 Å². The minimum atomic E-state index is -0.540. The van der Waals surface area contributed by atoms with Gasteiger partial charge in [-0.3, -0.25) is 14.9 Å². The van der Waals surface area contributed by atoms with Crippen molar-refractivity contribution < 1.29 is 28.4 Å². The highest BCUT2D eigenvalue weighted by atomic mass is 16.6. The van der Waals surface area contributed by atoms with Crippen LogP contribution in [0.1, 0.15) is 18.9 Å². The Hall–Kier alpha value is -3.27. The number of hydrogen-bond acceptors (Lipinski definition) is 8. The number of hydrogen-bond donors (Lipinski definition) is 1. The maximum Gasteiger partial charge on any atom is 0.280 e. The van der Waals surface area contributed by atoms with Crippen LogP contribution in [0.15, 0.2) is 28.2 Å². The molecule has 1 N–H and O–H groups in total. The third-order valence-electron chi connectivity index (χ3n) is 4.86. The van der Waals surface area contributed by atoms with Gasteiger partial charge in [-0.15, -0.1) is 0 Å². The predicted octanol–water partition coefficient (Wildman–Crippen LogP) is 2.42. The Labute approximate surface area is 200 Å². The van der Waals surface area contributed by atoms with Crippen LogP contribution in [0, 0.1) is 10.1 Å². The first-order valence-corrected chi connectivity index (χ1v) is 11.1. The van der Waals surface area contributed by atoms with Crippen LogP contribution in [0.4, 0.5) is 5.69 Å². The number of nitro groups is 1. The molecule has 0 bridgehead atoms. The Morgan fingerprint density at radius 2 is 1.88 bits per heavy atom. The summed E-state index contributed by atoms with van der Waals surface area (Å²) in [6.07, 6.45) is 3.55. The van der Waals surface area contributed by atoms with Gasteiger partial charge in [0.15, 0.2) is 11.5 Å². The zero-order chi connectivity index (χ0) is 25.4. The fourth-order valence-electron chi connectivity index (χ4n) is 2.92. The summed E-state index contributed by atoms with van der Waals surface area (Å²) in [5.74, 6) is 0.196. The standard InChI is InChI=1S/C23H35N5O6/c1-6-24-18-25-10-7-12-28(2,3)13-15-34-14-11-26-23(29)9-8-19-16-21(32-4)22(33-5)17-20(19)27(30)31/h8-9,16-17H,6-7,10-15H2,1-5H3/p+1/b9-8+. The molecule has 188 valence electrons. The number of ether oxygens (including phenoxy) is 3. The fraction of sp³-hybridized carbons (Fsp3) is 0.565. The molecule has 0 saturated heterocycles. The predicted molar refractivity (Wildman–Crippen MR) is 131 cm³/mol. The van der Waals surface area contributed by atoms with Gasteiger partial charge in [0.25, 0.3) is 5.69 Å². The van der Waals surface area contributed by atoms with Gasteiger partial charge in [-0.1, -0.05) is 0 Å². The second-order valence-corrected chi connectivity index (χ2v) is 7.95. The average molecular weight is 479 g/mol. The van der Waals surface area contributed by atoms with E-state index in [1.165, 1.54) is 38.5 Å². The Morgan fingerprint density at radius 3 is 2.53 bits per heavy atom. The van der Waals surface area contributed by atoms with E-state index in [-0.39, 0.29) is 22.9 Å². The number of nitro benzene ring substituents is 1. The van der Waals surface area contributed by atoms with Crippen LogP contribution in [-0.2, 0) is 9.53 Å². The Kier molecular flexibility index (Phi) is 13.2. The van der Waals surface area contributed by atoms with Gasteiger partial charge in [-0.25, -0.2) is 9.98 Å². The third-order valence-corrected chi connectivity index (χ3v) is 4.86. The smallest absolute Gasteiger partial charge is 0.280 e. The lowest BCUT2D eigenvalue weighted by molar-refractivity contribution is -0.890. The van der Waals surface area contributed by atoms with Crippen molar-refractivity contribution in [3.63, 3.8) is 0 Å². The minimum absolute atomic E-state index is 0.188. The number of carbonyl (C=O) groups excluding carboxylic acids is 1. The number of rotatable bonds is 16. The largest absolute Gasteiger partial charge is 0.493 e. The number of nitrogens with zero attached hydrogens (tertiary/aromatic N) is 4. The zero-order valence-corrected chi connectivity index (χ0v) is 20.7.